The number of nitrogens with two attached hydrogens (primary N) is 1. The second-order valence-electron chi connectivity index (χ2n) is 6.56. The Balaban J connectivity index is 1.95. The van der Waals surface area contributed by atoms with Crippen molar-refractivity contribution in [3.63, 3.8) is 0 Å². The second-order valence-corrected chi connectivity index (χ2v) is 6.56. The number of nitrogens with one attached hydrogen (secondary N) is 1. The third-order valence-electron chi connectivity index (χ3n) is 4.18. The third-order valence-corrected chi connectivity index (χ3v) is 4.18. The van der Waals surface area contributed by atoms with Gasteiger partial charge in [0, 0.05) is 25.2 Å². The highest BCUT2D eigenvalue weighted by Gasteiger charge is 2.33. The van der Waals surface area contributed by atoms with Crippen LogP contribution in [0.2, 0.25) is 0 Å². The van der Waals surface area contributed by atoms with Gasteiger partial charge in [0.25, 0.3) is 0 Å². The first-order valence-electron chi connectivity index (χ1n) is 7.85. The molecule has 3 N–H and O–H groups in total. The van der Waals surface area contributed by atoms with Crippen LogP contribution in [0.3, 0.4) is 0 Å². The van der Waals surface area contributed by atoms with Gasteiger partial charge in [-0.1, -0.05) is 44.2 Å². The van der Waals surface area contributed by atoms with Crippen LogP contribution in [0.15, 0.2) is 30.3 Å². The van der Waals surface area contributed by atoms with E-state index in [1.54, 1.807) is 0 Å². The SMILES string of the molecule is CC(C)CNC1(CN)CCCN(Cc2ccccc2)C1. The summed E-state index contributed by atoms with van der Waals surface area (Å²) in [4.78, 5) is 2.54. The van der Waals surface area contributed by atoms with Crippen LogP contribution in [-0.4, -0.2) is 36.6 Å². The molecule has 1 fully saturated rings. The topological polar surface area (TPSA) is 41.3 Å². The Morgan fingerprint density at radius 1 is 1.30 bits per heavy atom. The zero-order valence-corrected chi connectivity index (χ0v) is 12.9. The molecule has 0 bridgehead atoms. The highest BCUT2D eigenvalue weighted by Crippen LogP contribution is 2.22. The van der Waals surface area contributed by atoms with Gasteiger partial charge in [-0.15, -0.1) is 0 Å². The zero-order valence-electron chi connectivity index (χ0n) is 12.9. The van der Waals surface area contributed by atoms with Gasteiger partial charge in [0.2, 0.25) is 0 Å². The maximum atomic E-state index is 6.09. The number of hydrogen-bond donors (Lipinski definition) is 2. The van der Waals surface area contributed by atoms with Crippen molar-refractivity contribution in [3.05, 3.63) is 35.9 Å². The average Bonchev–Trinajstić information content (AvgIpc) is 2.47. The van der Waals surface area contributed by atoms with Crippen LogP contribution in [0.5, 0.6) is 0 Å². The van der Waals surface area contributed by atoms with E-state index < -0.39 is 0 Å². The van der Waals surface area contributed by atoms with Crippen LogP contribution >= 0.6 is 0 Å². The minimum atomic E-state index is 0.108. The largest absolute Gasteiger partial charge is 0.329 e. The van der Waals surface area contributed by atoms with Crippen LogP contribution < -0.4 is 11.1 Å². The summed E-state index contributed by atoms with van der Waals surface area (Å²) in [7, 11) is 0. The van der Waals surface area contributed by atoms with Crippen molar-refractivity contribution in [2.75, 3.05) is 26.2 Å². The highest BCUT2D eigenvalue weighted by atomic mass is 15.2. The Bertz CT molecular complexity index is 390. The predicted octanol–water partition coefficient (Wildman–Crippen LogP) is 2.23. The van der Waals surface area contributed by atoms with Gasteiger partial charge in [-0.2, -0.15) is 0 Å². The first kappa shape index (κ1) is 15.5. The lowest BCUT2D eigenvalue weighted by molar-refractivity contribution is 0.117. The highest BCUT2D eigenvalue weighted by molar-refractivity contribution is 5.15. The summed E-state index contributed by atoms with van der Waals surface area (Å²) in [6.07, 6.45) is 2.43. The molecule has 1 unspecified atom stereocenters. The van der Waals surface area contributed by atoms with E-state index in [0.717, 1.165) is 26.2 Å². The van der Waals surface area contributed by atoms with Crippen molar-refractivity contribution < 1.29 is 0 Å². The van der Waals surface area contributed by atoms with Crippen LogP contribution in [-0.2, 0) is 6.54 Å². The molecule has 0 amide bonds. The van der Waals surface area contributed by atoms with E-state index in [4.69, 9.17) is 5.73 Å². The molecule has 1 aromatic carbocycles. The van der Waals surface area contributed by atoms with Crippen molar-refractivity contribution in [2.45, 2.75) is 38.8 Å². The van der Waals surface area contributed by atoms with Gasteiger partial charge >= 0.3 is 0 Å². The lowest BCUT2D eigenvalue weighted by atomic mass is 9.88. The van der Waals surface area contributed by atoms with E-state index in [0.29, 0.717) is 5.92 Å². The summed E-state index contributed by atoms with van der Waals surface area (Å²) in [5, 5.41) is 3.73. The third kappa shape index (κ3) is 4.30. The number of likely N-dealkylation sites (tertiary alicyclic amines) is 1. The van der Waals surface area contributed by atoms with E-state index in [1.807, 2.05) is 0 Å². The molecule has 1 saturated heterocycles. The molecular formula is C17H29N3. The lowest BCUT2D eigenvalue weighted by Crippen LogP contribution is -2.61. The van der Waals surface area contributed by atoms with E-state index in [9.17, 15) is 0 Å². The van der Waals surface area contributed by atoms with Gasteiger partial charge in [0.1, 0.15) is 0 Å². The number of hydrogen-bond acceptors (Lipinski definition) is 3. The Hall–Kier alpha value is -0.900. The monoisotopic (exact) mass is 275 g/mol. The molecule has 0 spiro atoms. The van der Waals surface area contributed by atoms with Crippen molar-refractivity contribution in [2.24, 2.45) is 11.7 Å². The van der Waals surface area contributed by atoms with Crippen LogP contribution in [0.25, 0.3) is 0 Å². The summed E-state index contributed by atoms with van der Waals surface area (Å²) < 4.78 is 0. The van der Waals surface area contributed by atoms with Crippen molar-refractivity contribution >= 4 is 0 Å². The van der Waals surface area contributed by atoms with Gasteiger partial charge in [0.05, 0.1) is 0 Å². The van der Waals surface area contributed by atoms with Crippen LogP contribution in [0.4, 0.5) is 0 Å². The van der Waals surface area contributed by atoms with Gasteiger partial charge in [-0.25, -0.2) is 0 Å². The quantitative estimate of drug-likeness (QED) is 0.836. The molecule has 1 aliphatic heterocycles. The first-order chi connectivity index (χ1) is 9.63. The fourth-order valence-corrected chi connectivity index (χ4v) is 3.01. The predicted molar refractivity (Wildman–Crippen MR) is 85.6 cm³/mol. The molecule has 3 heteroatoms. The molecule has 1 atom stereocenters. The van der Waals surface area contributed by atoms with E-state index >= 15 is 0 Å². The maximum absolute atomic E-state index is 6.09. The normalized spacial score (nSPS) is 24.2. The molecule has 0 saturated carbocycles. The van der Waals surface area contributed by atoms with E-state index in [-0.39, 0.29) is 5.54 Å². The Kier molecular flexibility index (Phi) is 5.58. The molecule has 3 nitrogen and oxygen atoms in total. The molecule has 1 aliphatic rings. The Morgan fingerprint density at radius 2 is 2.05 bits per heavy atom. The molecular weight excluding hydrogens is 246 g/mol. The molecule has 0 radical (unpaired) electrons. The zero-order chi connectivity index (χ0) is 14.4. The van der Waals surface area contributed by atoms with Gasteiger partial charge < -0.3 is 11.1 Å². The molecule has 1 heterocycles. The Labute approximate surface area is 123 Å². The van der Waals surface area contributed by atoms with Gasteiger partial charge in [0.15, 0.2) is 0 Å². The molecule has 0 aromatic heterocycles. The molecule has 112 valence electrons. The standard InChI is InChI=1S/C17H29N3/c1-15(2)11-19-17(13-18)9-6-10-20(14-17)12-16-7-4-3-5-8-16/h3-5,7-8,15,19H,6,9-14,18H2,1-2H3. The lowest BCUT2D eigenvalue weighted by Gasteiger charge is -2.43. The first-order valence-corrected chi connectivity index (χ1v) is 7.85. The summed E-state index contributed by atoms with van der Waals surface area (Å²) >= 11 is 0. The molecule has 2 rings (SSSR count). The van der Waals surface area contributed by atoms with Gasteiger partial charge in [-0.05, 0) is 37.4 Å². The van der Waals surface area contributed by atoms with Crippen LogP contribution in [0.1, 0.15) is 32.3 Å². The minimum Gasteiger partial charge on any atom is -0.329 e. The van der Waals surface area contributed by atoms with Crippen LogP contribution in [0, 0.1) is 5.92 Å². The summed E-state index contributed by atoms with van der Waals surface area (Å²) in [5.74, 6) is 0.669. The number of nitrogens with zero attached hydrogens (tertiary/aromatic N) is 1. The second kappa shape index (κ2) is 7.21. The van der Waals surface area contributed by atoms with Crippen molar-refractivity contribution in [3.8, 4) is 0 Å². The molecule has 1 aromatic rings. The van der Waals surface area contributed by atoms with E-state index in [1.165, 1.54) is 24.9 Å². The smallest absolute Gasteiger partial charge is 0.0433 e. The number of rotatable bonds is 6. The average molecular weight is 275 g/mol. The summed E-state index contributed by atoms with van der Waals surface area (Å²) in [6, 6.07) is 10.7. The number of piperidine rings is 1. The molecule has 20 heavy (non-hydrogen) atoms. The fraction of sp³-hybridized carbons (Fsp3) is 0.647. The van der Waals surface area contributed by atoms with Crippen molar-refractivity contribution in [1.29, 1.82) is 0 Å². The summed E-state index contributed by atoms with van der Waals surface area (Å²) in [5.41, 5.74) is 7.59. The van der Waals surface area contributed by atoms with E-state index in [2.05, 4.69) is 54.4 Å². The molecule has 0 aliphatic carbocycles. The van der Waals surface area contributed by atoms with Crippen molar-refractivity contribution in [1.82, 2.24) is 10.2 Å². The minimum absolute atomic E-state index is 0.108. The maximum Gasteiger partial charge on any atom is 0.0433 e. The van der Waals surface area contributed by atoms with Gasteiger partial charge in [-0.3, -0.25) is 4.90 Å². The fourth-order valence-electron chi connectivity index (χ4n) is 3.01. The number of benzene rings is 1. The summed E-state index contributed by atoms with van der Waals surface area (Å²) in [6.45, 7) is 9.56. The Morgan fingerprint density at radius 3 is 2.70 bits per heavy atom.